The fourth-order valence-electron chi connectivity index (χ4n) is 4.89. The smallest absolute Gasteiger partial charge is 0.186 e. The summed E-state index contributed by atoms with van der Waals surface area (Å²) >= 11 is 6.64. The summed E-state index contributed by atoms with van der Waals surface area (Å²) in [7, 11) is 2.20. The van der Waals surface area contributed by atoms with Gasteiger partial charge in [0.05, 0.1) is 16.1 Å². The molecular formula is C25H27ClF2N4. The van der Waals surface area contributed by atoms with Crippen LogP contribution in [0.2, 0.25) is 5.02 Å². The van der Waals surface area contributed by atoms with E-state index >= 15 is 0 Å². The zero-order chi connectivity index (χ0) is 22.2. The lowest BCUT2D eigenvalue weighted by atomic mass is 9.92. The van der Waals surface area contributed by atoms with E-state index in [1.807, 2.05) is 24.4 Å². The number of aromatic nitrogens is 3. The van der Waals surface area contributed by atoms with E-state index in [-0.39, 0.29) is 5.52 Å². The van der Waals surface area contributed by atoms with Gasteiger partial charge >= 0.3 is 0 Å². The third-order valence-corrected chi connectivity index (χ3v) is 7.05. The number of hydrogen-bond acceptors (Lipinski definition) is 2. The lowest BCUT2D eigenvalue weighted by molar-refractivity contribution is 0.209. The van der Waals surface area contributed by atoms with Gasteiger partial charge in [-0.3, -0.25) is 0 Å². The van der Waals surface area contributed by atoms with E-state index < -0.39 is 11.6 Å². The number of aryl methyl sites for hydroxylation is 1. The molecule has 0 atom stereocenters. The number of H-pyrrole nitrogens is 1. The Morgan fingerprint density at radius 2 is 1.94 bits per heavy atom. The summed E-state index contributed by atoms with van der Waals surface area (Å²) in [5.74, 6) is -0.512. The monoisotopic (exact) mass is 456 g/mol. The Labute approximate surface area is 191 Å². The van der Waals surface area contributed by atoms with E-state index in [1.165, 1.54) is 44.8 Å². The molecule has 7 heteroatoms. The average Bonchev–Trinajstić information content (AvgIpc) is 3.37. The third-order valence-electron chi connectivity index (χ3n) is 6.76. The fraction of sp³-hybridized carbons (Fsp3) is 0.400. The second kappa shape index (κ2) is 8.83. The summed E-state index contributed by atoms with van der Waals surface area (Å²) in [4.78, 5) is 9.86. The van der Waals surface area contributed by atoms with E-state index in [4.69, 9.17) is 11.6 Å². The van der Waals surface area contributed by atoms with E-state index in [9.17, 15) is 8.78 Å². The lowest BCUT2D eigenvalue weighted by Gasteiger charge is -2.28. The molecule has 168 valence electrons. The molecule has 0 unspecified atom stereocenters. The molecule has 2 aromatic heterocycles. The number of aromatic amines is 1. The number of nitrogens with one attached hydrogen (secondary N) is 1. The Morgan fingerprint density at radius 1 is 1.12 bits per heavy atom. The van der Waals surface area contributed by atoms with Crippen molar-refractivity contribution in [2.24, 2.45) is 5.92 Å². The molecule has 0 spiro atoms. The van der Waals surface area contributed by atoms with Crippen LogP contribution in [0.15, 0.2) is 36.5 Å². The molecular weight excluding hydrogens is 430 g/mol. The summed E-state index contributed by atoms with van der Waals surface area (Å²) in [5, 5.41) is 1.52. The predicted molar refractivity (Wildman–Crippen MR) is 126 cm³/mol. The molecule has 5 rings (SSSR count). The van der Waals surface area contributed by atoms with Crippen LogP contribution >= 0.6 is 11.6 Å². The molecule has 32 heavy (non-hydrogen) atoms. The van der Waals surface area contributed by atoms with Crippen LogP contribution in [0, 0.1) is 17.6 Å². The number of benzene rings is 2. The van der Waals surface area contributed by atoms with Crippen LogP contribution < -0.4 is 0 Å². The summed E-state index contributed by atoms with van der Waals surface area (Å²) in [6, 6.07) is 8.51. The van der Waals surface area contributed by atoms with E-state index in [1.54, 1.807) is 0 Å². The average molecular weight is 457 g/mol. The van der Waals surface area contributed by atoms with Gasteiger partial charge in [0.15, 0.2) is 11.6 Å². The van der Waals surface area contributed by atoms with Crippen LogP contribution in [-0.2, 0) is 6.54 Å². The minimum Gasteiger partial charge on any atom is -0.346 e. The second-order valence-electron chi connectivity index (χ2n) is 8.96. The molecule has 0 saturated carbocycles. The molecule has 1 saturated heterocycles. The van der Waals surface area contributed by atoms with E-state index in [2.05, 4.69) is 26.5 Å². The first-order chi connectivity index (χ1) is 15.5. The Kier molecular flexibility index (Phi) is 5.91. The maximum atomic E-state index is 14.2. The Balaban J connectivity index is 1.36. The molecule has 0 radical (unpaired) electrons. The number of rotatable bonds is 6. The number of halogens is 3. The van der Waals surface area contributed by atoms with Gasteiger partial charge in [0.2, 0.25) is 0 Å². The zero-order valence-corrected chi connectivity index (χ0v) is 18.9. The summed E-state index contributed by atoms with van der Waals surface area (Å²) in [6.45, 7) is 3.33. The molecule has 1 N–H and O–H groups in total. The molecule has 0 bridgehead atoms. The van der Waals surface area contributed by atoms with Crippen molar-refractivity contribution in [2.75, 3.05) is 20.1 Å². The number of fused-ring (bicyclic) bond motifs is 2. The Morgan fingerprint density at radius 3 is 2.75 bits per heavy atom. The second-order valence-corrected chi connectivity index (χ2v) is 9.36. The van der Waals surface area contributed by atoms with Crippen molar-refractivity contribution in [3.8, 4) is 11.4 Å². The SMILES string of the molecule is CN1CCC(CCCCn2cc(Cl)c3c(-c4nc5c(F)c(F)ccc5[nH]4)cccc32)CC1. The fourth-order valence-corrected chi connectivity index (χ4v) is 5.21. The standard InChI is InChI=1S/C25H27ClF2N4/c1-31-13-10-16(11-14-31)5-2-3-12-32-15-18(26)22-17(6-4-7-21(22)32)25-29-20-9-8-19(27)23(28)24(20)30-25/h4,6-9,15-16H,2-3,5,10-14H2,1H3,(H,29,30). The summed E-state index contributed by atoms with van der Waals surface area (Å²) in [6.07, 6.45) is 8.17. The van der Waals surface area contributed by atoms with Crippen molar-refractivity contribution in [2.45, 2.75) is 38.6 Å². The number of imidazole rings is 1. The summed E-state index contributed by atoms with van der Waals surface area (Å²) in [5.41, 5.74) is 2.27. The molecule has 1 aliphatic rings. The van der Waals surface area contributed by atoms with E-state index in [0.29, 0.717) is 16.4 Å². The lowest BCUT2D eigenvalue weighted by Crippen LogP contribution is -2.30. The number of hydrogen-bond donors (Lipinski definition) is 1. The van der Waals surface area contributed by atoms with Gasteiger partial charge in [-0.05, 0) is 63.5 Å². The maximum absolute atomic E-state index is 14.2. The van der Waals surface area contributed by atoms with Gasteiger partial charge in [0.25, 0.3) is 0 Å². The normalized spacial score (nSPS) is 15.9. The molecule has 0 amide bonds. The highest BCUT2D eigenvalue weighted by Crippen LogP contribution is 2.35. The molecule has 0 aliphatic carbocycles. The molecule has 1 fully saturated rings. The largest absolute Gasteiger partial charge is 0.346 e. The van der Waals surface area contributed by atoms with Gasteiger partial charge in [0.1, 0.15) is 11.3 Å². The first kappa shape index (κ1) is 21.4. The number of likely N-dealkylation sites (tertiary alicyclic amines) is 1. The number of unbranched alkanes of at least 4 members (excludes halogenated alkanes) is 1. The van der Waals surface area contributed by atoms with Crippen LogP contribution in [0.25, 0.3) is 33.3 Å². The quantitative estimate of drug-likeness (QED) is 0.331. The highest BCUT2D eigenvalue weighted by Gasteiger charge is 2.18. The highest BCUT2D eigenvalue weighted by atomic mass is 35.5. The molecule has 3 heterocycles. The van der Waals surface area contributed by atoms with Gasteiger partial charge in [0, 0.05) is 23.7 Å². The topological polar surface area (TPSA) is 36.9 Å². The number of piperidine rings is 1. The van der Waals surface area contributed by atoms with Crippen LogP contribution in [-0.4, -0.2) is 39.6 Å². The van der Waals surface area contributed by atoms with Gasteiger partial charge in [-0.2, -0.15) is 0 Å². The van der Waals surface area contributed by atoms with Gasteiger partial charge in [-0.25, -0.2) is 13.8 Å². The van der Waals surface area contributed by atoms with Crippen molar-refractivity contribution >= 4 is 33.5 Å². The third kappa shape index (κ3) is 4.02. The Bertz CT molecular complexity index is 1250. The van der Waals surface area contributed by atoms with Crippen LogP contribution in [0.5, 0.6) is 0 Å². The first-order valence-electron chi connectivity index (χ1n) is 11.3. The summed E-state index contributed by atoms with van der Waals surface area (Å²) < 4.78 is 30.0. The molecule has 4 nitrogen and oxygen atoms in total. The first-order valence-corrected chi connectivity index (χ1v) is 11.7. The van der Waals surface area contributed by atoms with Crippen LogP contribution in [0.4, 0.5) is 8.78 Å². The van der Waals surface area contributed by atoms with Gasteiger partial charge in [-0.1, -0.05) is 36.6 Å². The van der Waals surface area contributed by atoms with Crippen LogP contribution in [0.1, 0.15) is 32.1 Å². The van der Waals surface area contributed by atoms with Crippen molar-refractivity contribution in [1.29, 1.82) is 0 Å². The molecule has 4 aromatic rings. The molecule has 1 aliphatic heterocycles. The van der Waals surface area contributed by atoms with Gasteiger partial charge < -0.3 is 14.5 Å². The van der Waals surface area contributed by atoms with Gasteiger partial charge in [-0.15, -0.1) is 0 Å². The number of nitrogens with zero attached hydrogens (tertiary/aromatic N) is 3. The minimum atomic E-state index is -0.939. The van der Waals surface area contributed by atoms with Crippen molar-refractivity contribution in [1.82, 2.24) is 19.4 Å². The predicted octanol–water partition coefficient (Wildman–Crippen LogP) is 6.63. The zero-order valence-electron chi connectivity index (χ0n) is 18.2. The van der Waals surface area contributed by atoms with Crippen molar-refractivity contribution in [3.63, 3.8) is 0 Å². The Hall–Kier alpha value is -2.44. The van der Waals surface area contributed by atoms with Crippen molar-refractivity contribution < 1.29 is 8.78 Å². The maximum Gasteiger partial charge on any atom is 0.186 e. The minimum absolute atomic E-state index is 0.00136. The highest BCUT2D eigenvalue weighted by molar-refractivity contribution is 6.36. The van der Waals surface area contributed by atoms with E-state index in [0.717, 1.165) is 41.4 Å². The molecule has 2 aromatic carbocycles. The van der Waals surface area contributed by atoms with Crippen molar-refractivity contribution in [3.05, 3.63) is 53.2 Å². The van der Waals surface area contributed by atoms with Crippen LogP contribution in [0.3, 0.4) is 0 Å².